The molecule has 2 aromatic heterocycles. The first-order valence-electron chi connectivity index (χ1n) is 7.11. The van der Waals surface area contributed by atoms with Crippen LogP contribution in [-0.2, 0) is 9.53 Å². The maximum absolute atomic E-state index is 12.3. The standard InChI is InChI=1S/C14H18N4O2S2/c1-9-8-22-13(16-9)11-7-18(4-5-20-11)10(2)12(19)17-14-15-3-6-21-14/h3,6,8,10-11H,4-5,7H2,1-2H3,(H,15,17,19)/t10-,11-/m1/s1. The molecule has 3 rings (SSSR count). The number of carbonyl (C=O) groups excluding carboxylic acids is 1. The van der Waals surface area contributed by atoms with E-state index in [1.54, 1.807) is 17.5 Å². The van der Waals surface area contributed by atoms with E-state index in [9.17, 15) is 4.79 Å². The maximum Gasteiger partial charge on any atom is 0.243 e. The fraction of sp³-hybridized carbons (Fsp3) is 0.500. The van der Waals surface area contributed by atoms with E-state index in [0.717, 1.165) is 17.2 Å². The van der Waals surface area contributed by atoms with Crippen molar-refractivity contribution in [3.8, 4) is 0 Å². The molecule has 2 aromatic rings. The summed E-state index contributed by atoms with van der Waals surface area (Å²) < 4.78 is 5.81. The molecule has 0 radical (unpaired) electrons. The summed E-state index contributed by atoms with van der Waals surface area (Å²) in [5, 5.41) is 8.34. The Morgan fingerprint density at radius 1 is 1.55 bits per heavy atom. The highest BCUT2D eigenvalue weighted by Gasteiger charge is 2.30. The molecule has 6 nitrogen and oxygen atoms in total. The molecule has 0 unspecified atom stereocenters. The van der Waals surface area contributed by atoms with Gasteiger partial charge in [-0.1, -0.05) is 0 Å². The second-order valence-corrected chi connectivity index (χ2v) is 6.97. The number of hydrogen-bond acceptors (Lipinski definition) is 7. The summed E-state index contributed by atoms with van der Waals surface area (Å²) in [6, 6.07) is -0.226. The van der Waals surface area contributed by atoms with Crippen LogP contribution in [-0.4, -0.2) is 46.5 Å². The fourth-order valence-electron chi connectivity index (χ4n) is 2.35. The van der Waals surface area contributed by atoms with Gasteiger partial charge in [-0.15, -0.1) is 22.7 Å². The molecule has 1 N–H and O–H groups in total. The van der Waals surface area contributed by atoms with Crippen molar-refractivity contribution < 1.29 is 9.53 Å². The van der Waals surface area contributed by atoms with Crippen LogP contribution in [0.15, 0.2) is 17.0 Å². The second kappa shape index (κ2) is 6.82. The molecule has 0 saturated carbocycles. The number of aryl methyl sites for hydroxylation is 1. The summed E-state index contributed by atoms with van der Waals surface area (Å²) in [6.07, 6.45) is 1.63. The number of carbonyl (C=O) groups is 1. The SMILES string of the molecule is Cc1csc([C@H]2CN([C@H](C)C(=O)Nc3nccs3)CCO2)n1. The van der Waals surface area contributed by atoms with Gasteiger partial charge in [0.1, 0.15) is 11.1 Å². The van der Waals surface area contributed by atoms with Gasteiger partial charge in [0.2, 0.25) is 5.91 Å². The van der Waals surface area contributed by atoms with Crippen molar-refractivity contribution in [1.82, 2.24) is 14.9 Å². The quantitative estimate of drug-likeness (QED) is 0.926. The average molecular weight is 338 g/mol. The monoisotopic (exact) mass is 338 g/mol. The lowest BCUT2D eigenvalue weighted by molar-refractivity contribution is -0.124. The van der Waals surface area contributed by atoms with E-state index in [1.807, 2.05) is 24.6 Å². The number of hydrogen-bond donors (Lipinski definition) is 1. The minimum Gasteiger partial charge on any atom is -0.368 e. The molecular formula is C14H18N4O2S2. The van der Waals surface area contributed by atoms with Crippen LogP contribution >= 0.6 is 22.7 Å². The topological polar surface area (TPSA) is 67.4 Å². The van der Waals surface area contributed by atoms with Crippen molar-refractivity contribution in [2.45, 2.75) is 26.0 Å². The molecule has 1 fully saturated rings. The van der Waals surface area contributed by atoms with Gasteiger partial charge in [-0.25, -0.2) is 9.97 Å². The molecule has 0 aromatic carbocycles. The Bertz CT molecular complexity index is 629. The van der Waals surface area contributed by atoms with Gasteiger partial charge in [0, 0.05) is 35.7 Å². The van der Waals surface area contributed by atoms with Gasteiger partial charge in [0.05, 0.1) is 12.6 Å². The van der Waals surface area contributed by atoms with Gasteiger partial charge in [0.25, 0.3) is 0 Å². The number of anilines is 1. The first kappa shape index (κ1) is 15.5. The number of morpholine rings is 1. The van der Waals surface area contributed by atoms with Crippen molar-refractivity contribution in [3.63, 3.8) is 0 Å². The number of amides is 1. The smallest absolute Gasteiger partial charge is 0.243 e. The van der Waals surface area contributed by atoms with Crippen LogP contribution in [0.25, 0.3) is 0 Å². The minimum atomic E-state index is -0.226. The lowest BCUT2D eigenvalue weighted by Crippen LogP contribution is -2.48. The van der Waals surface area contributed by atoms with E-state index < -0.39 is 0 Å². The molecule has 0 aliphatic carbocycles. The van der Waals surface area contributed by atoms with Crippen LogP contribution in [0.3, 0.4) is 0 Å². The maximum atomic E-state index is 12.3. The highest BCUT2D eigenvalue weighted by atomic mass is 32.1. The fourth-order valence-corrected chi connectivity index (χ4v) is 3.72. The number of rotatable bonds is 4. The van der Waals surface area contributed by atoms with Gasteiger partial charge in [0.15, 0.2) is 5.13 Å². The molecule has 0 bridgehead atoms. The van der Waals surface area contributed by atoms with Gasteiger partial charge in [-0.2, -0.15) is 0 Å². The Morgan fingerprint density at radius 3 is 3.09 bits per heavy atom. The van der Waals surface area contributed by atoms with Crippen LogP contribution in [0.4, 0.5) is 5.13 Å². The highest BCUT2D eigenvalue weighted by molar-refractivity contribution is 7.13. The lowest BCUT2D eigenvalue weighted by Gasteiger charge is -2.35. The van der Waals surface area contributed by atoms with Crippen LogP contribution in [0.5, 0.6) is 0 Å². The molecule has 2 atom stereocenters. The number of thiazole rings is 2. The largest absolute Gasteiger partial charge is 0.368 e. The Hall–Kier alpha value is -1.35. The molecule has 22 heavy (non-hydrogen) atoms. The summed E-state index contributed by atoms with van der Waals surface area (Å²) >= 11 is 3.03. The van der Waals surface area contributed by atoms with Crippen molar-refractivity contribution in [2.24, 2.45) is 0 Å². The van der Waals surface area contributed by atoms with E-state index in [4.69, 9.17) is 4.74 Å². The first-order valence-corrected chi connectivity index (χ1v) is 8.87. The first-order chi connectivity index (χ1) is 10.6. The zero-order valence-corrected chi connectivity index (χ0v) is 14.1. The van der Waals surface area contributed by atoms with E-state index in [1.165, 1.54) is 11.3 Å². The summed E-state index contributed by atoms with van der Waals surface area (Å²) in [6.45, 7) is 5.92. The average Bonchev–Trinajstić information content (AvgIpc) is 3.18. The van der Waals surface area contributed by atoms with Crippen LogP contribution in [0.1, 0.15) is 23.7 Å². The predicted octanol–water partition coefficient (Wildman–Crippen LogP) is 2.31. The molecule has 1 aliphatic rings. The minimum absolute atomic E-state index is 0.0362. The highest BCUT2D eigenvalue weighted by Crippen LogP contribution is 2.26. The van der Waals surface area contributed by atoms with Crippen LogP contribution in [0.2, 0.25) is 0 Å². The molecule has 1 saturated heterocycles. The third-order valence-corrected chi connectivity index (χ3v) is 5.34. The van der Waals surface area contributed by atoms with E-state index >= 15 is 0 Å². The van der Waals surface area contributed by atoms with Gasteiger partial charge in [-0.05, 0) is 13.8 Å². The Morgan fingerprint density at radius 2 is 2.41 bits per heavy atom. The number of aromatic nitrogens is 2. The Balaban J connectivity index is 1.62. The van der Waals surface area contributed by atoms with E-state index in [-0.39, 0.29) is 18.1 Å². The van der Waals surface area contributed by atoms with Crippen LogP contribution in [0, 0.1) is 6.92 Å². The second-order valence-electron chi connectivity index (χ2n) is 5.18. The molecule has 118 valence electrons. The number of ether oxygens (including phenoxy) is 1. The zero-order chi connectivity index (χ0) is 15.5. The summed E-state index contributed by atoms with van der Waals surface area (Å²) in [5.74, 6) is -0.0362. The summed E-state index contributed by atoms with van der Waals surface area (Å²) in [5.41, 5.74) is 1.01. The lowest BCUT2D eigenvalue weighted by atomic mass is 10.2. The molecular weight excluding hydrogens is 320 g/mol. The molecule has 1 aliphatic heterocycles. The van der Waals surface area contributed by atoms with Crippen molar-refractivity contribution in [2.75, 3.05) is 25.0 Å². The number of nitrogens with one attached hydrogen (secondary N) is 1. The van der Waals surface area contributed by atoms with E-state index in [0.29, 0.717) is 18.3 Å². The van der Waals surface area contributed by atoms with Crippen molar-refractivity contribution in [3.05, 3.63) is 27.7 Å². The zero-order valence-electron chi connectivity index (χ0n) is 12.5. The summed E-state index contributed by atoms with van der Waals surface area (Å²) in [7, 11) is 0. The van der Waals surface area contributed by atoms with Crippen molar-refractivity contribution >= 4 is 33.7 Å². The third-order valence-electron chi connectivity index (χ3n) is 3.60. The Kier molecular flexibility index (Phi) is 4.82. The van der Waals surface area contributed by atoms with Gasteiger partial charge in [-0.3, -0.25) is 9.69 Å². The summed E-state index contributed by atoms with van der Waals surface area (Å²) in [4.78, 5) is 23.0. The van der Waals surface area contributed by atoms with Gasteiger partial charge < -0.3 is 10.1 Å². The molecule has 1 amide bonds. The molecule has 0 spiro atoms. The van der Waals surface area contributed by atoms with Gasteiger partial charge >= 0.3 is 0 Å². The predicted molar refractivity (Wildman–Crippen MR) is 87.3 cm³/mol. The van der Waals surface area contributed by atoms with Crippen LogP contribution < -0.4 is 5.32 Å². The molecule has 8 heteroatoms. The van der Waals surface area contributed by atoms with Crippen molar-refractivity contribution in [1.29, 1.82) is 0 Å². The molecule has 3 heterocycles. The Labute approximate surface area is 137 Å². The van der Waals surface area contributed by atoms with E-state index in [2.05, 4.69) is 20.2 Å². The third kappa shape index (κ3) is 3.52. The number of nitrogens with zero attached hydrogens (tertiary/aromatic N) is 3. The normalized spacial score (nSPS) is 20.7.